The number of carbonyl (C=O) groups is 1. The molecule has 184 valence electrons. The summed E-state index contributed by atoms with van der Waals surface area (Å²) in [5, 5.41) is 2.99. The first-order chi connectivity index (χ1) is 16.8. The summed E-state index contributed by atoms with van der Waals surface area (Å²) in [6, 6.07) is 13.7. The number of methoxy groups -OCH3 is 2. The molecule has 6 nitrogen and oxygen atoms in total. The smallest absolute Gasteiger partial charge is 0.263 e. The average molecular weight is 493 g/mol. The number of nitrogens with zero attached hydrogens (tertiary/aromatic N) is 2. The quantitative estimate of drug-likeness (QED) is 0.339. The maximum atomic E-state index is 13.9. The SMILES string of the molecule is COCCN(CCOC)C(=O)c1cc(-c2ccc(C(C)(C)C)cc2)c(=O)n2ccc3ccsc3c12. The number of aromatic nitrogens is 1. The molecule has 0 saturated heterocycles. The van der Waals surface area contributed by atoms with E-state index in [9.17, 15) is 9.59 Å². The summed E-state index contributed by atoms with van der Waals surface area (Å²) in [7, 11) is 3.23. The van der Waals surface area contributed by atoms with Crippen LogP contribution in [0, 0.1) is 0 Å². The third-order valence-corrected chi connectivity index (χ3v) is 7.19. The molecule has 4 rings (SSSR count). The fourth-order valence-corrected chi connectivity index (χ4v) is 5.16. The van der Waals surface area contributed by atoms with Crippen LogP contribution in [0.1, 0.15) is 36.7 Å². The lowest BCUT2D eigenvalue weighted by Gasteiger charge is -2.23. The Labute approximate surface area is 209 Å². The predicted octanol–water partition coefficient (Wildman–Crippen LogP) is 5.21. The average Bonchev–Trinajstić information content (AvgIpc) is 3.33. The van der Waals surface area contributed by atoms with Crippen molar-refractivity contribution in [3.63, 3.8) is 0 Å². The molecule has 0 radical (unpaired) electrons. The molecule has 1 amide bonds. The molecule has 3 heterocycles. The highest BCUT2D eigenvalue weighted by Crippen LogP contribution is 2.31. The van der Waals surface area contributed by atoms with Gasteiger partial charge in [-0.25, -0.2) is 0 Å². The molecule has 0 aliphatic carbocycles. The molecule has 0 aliphatic rings. The Morgan fingerprint density at radius 2 is 1.66 bits per heavy atom. The Hall–Kier alpha value is -3.00. The lowest BCUT2D eigenvalue weighted by molar-refractivity contribution is 0.0629. The van der Waals surface area contributed by atoms with Crippen molar-refractivity contribution in [1.82, 2.24) is 9.30 Å². The Kier molecular flexibility index (Phi) is 7.40. The van der Waals surface area contributed by atoms with Gasteiger partial charge in [-0.1, -0.05) is 45.0 Å². The van der Waals surface area contributed by atoms with Crippen LogP contribution in [0.25, 0.3) is 26.7 Å². The molecule has 0 aliphatic heterocycles. The van der Waals surface area contributed by atoms with E-state index in [2.05, 4.69) is 32.9 Å². The zero-order chi connectivity index (χ0) is 25.2. The van der Waals surface area contributed by atoms with Crippen molar-refractivity contribution in [2.75, 3.05) is 40.5 Å². The minimum absolute atomic E-state index is 0.00601. The van der Waals surface area contributed by atoms with E-state index in [0.717, 1.165) is 15.6 Å². The van der Waals surface area contributed by atoms with E-state index in [1.54, 1.807) is 35.8 Å². The van der Waals surface area contributed by atoms with Gasteiger partial charge in [0.05, 0.1) is 29.0 Å². The van der Waals surface area contributed by atoms with E-state index in [1.807, 2.05) is 29.6 Å². The topological polar surface area (TPSA) is 60.2 Å². The van der Waals surface area contributed by atoms with E-state index in [1.165, 1.54) is 16.9 Å². The largest absolute Gasteiger partial charge is 0.383 e. The van der Waals surface area contributed by atoms with Crippen LogP contribution in [0.5, 0.6) is 0 Å². The molecule has 0 spiro atoms. The molecule has 7 heteroatoms. The van der Waals surface area contributed by atoms with Gasteiger partial charge in [-0.3, -0.25) is 14.0 Å². The first kappa shape index (κ1) is 25.1. The minimum atomic E-state index is -0.148. The Morgan fingerprint density at radius 1 is 1.00 bits per heavy atom. The van der Waals surface area contributed by atoms with Crippen molar-refractivity contribution < 1.29 is 14.3 Å². The van der Waals surface area contributed by atoms with Crippen LogP contribution in [0.15, 0.2) is 58.8 Å². The van der Waals surface area contributed by atoms with E-state index < -0.39 is 0 Å². The zero-order valence-corrected chi connectivity index (χ0v) is 21.8. The maximum absolute atomic E-state index is 13.9. The van der Waals surface area contributed by atoms with Crippen LogP contribution >= 0.6 is 11.3 Å². The van der Waals surface area contributed by atoms with Gasteiger partial charge in [-0.15, -0.1) is 11.3 Å². The summed E-state index contributed by atoms with van der Waals surface area (Å²) < 4.78 is 13.0. The van der Waals surface area contributed by atoms with Gasteiger partial charge in [-0.05, 0) is 45.5 Å². The second-order valence-corrected chi connectivity index (χ2v) is 10.5. The van der Waals surface area contributed by atoms with Gasteiger partial charge in [0.1, 0.15) is 0 Å². The van der Waals surface area contributed by atoms with Crippen LogP contribution in [0.4, 0.5) is 0 Å². The van der Waals surface area contributed by atoms with Gasteiger partial charge in [-0.2, -0.15) is 0 Å². The van der Waals surface area contributed by atoms with Crippen LogP contribution < -0.4 is 5.56 Å². The summed E-state index contributed by atoms with van der Waals surface area (Å²) in [5.41, 5.74) is 3.48. The predicted molar refractivity (Wildman–Crippen MR) is 143 cm³/mol. The molecular weight excluding hydrogens is 460 g/mol. The Bertz CT molecular complexity index is 1390. The molecule has 35 heavy (non-hydrogen) atoms. The third kappa shape index (κ3) is 5.03. The first-order valence-corrected chi connectivity index (χ1v) is 12.6. The normalized spacial score (nSPS) is 11.9. The number of thiophene rings is 1. The van der Waals surface area contributed by atoms with Crippen molar-refractivity contribution in [1.29, 1.82) is 0 Å². The molecule has 0 saturated carbocycles. The second kappa shape index (κ2) is 10.3. The zero-order valence-electron chi connectivity index (χ0n) is 21.0. The Morgan fingerprint density at radius 3 is 2.26 bits per heavy atom. The highest BCUT2D eigenvalue weighted by atomic mass is 32.1. The lowest BCUT2D eigenvalue weighted by Crippen LogP contribution is -2.37. The monoisotopic (exact) mass is 492 g/mol. The van der Waals surface area contributed by atoms with Gasteiger partial charge in [0, 0.05) is 39.1 Å². The van der Waals surface area contributed by atoms with E-state index in [4.69, 9.17) is 9.47 Å². The second-order valence-electron chi connectivity index (χ2n) is 9.62. The van der Waals surface area contributed by atoms with Crippen LogP contribution in [-0.4, -0.2) is 55.7 Å². The van der Waals surface area contributed by atoms with Crippen LogP contribution in [0.2, 0.25) is 0 Å². The number of fused-ring (bicyclic) bond motifs is 3. The molecule has 0 N–H and O–H groups in total. The fraction of sp³-hybridized carbons (Fsp3) is 0.357. The van der Waals surface area contributed by atoms with E-state index in [0.29, 0.717) is 42.9 Å². The van der Waals surface area contributed by atoms with Crippen molar-refractivity contribution in [3.05, 3.63) is 75.5 Å². The van der Waals surface area contributed by atoms with E-state index in [-0.39, 0.29) is 16.9 Å². The molecule has 1 aromatic carbocycles. The van der Waals surface area contributed by atoms with E-state index >= 15 is 0 Å². The van der Waals surface area contributed by atoms with Gasteiger partial charge in [0.15, 0.2) is 0 Å². The number of rotatable bonds is 8. The molecule has 4 aromatic rings. The summed E-state index contributed by atoms with van der Waals surface area (Å²) in [4.78, 5) is 29.3. The van der Waals surface area contributed by atoms with Crippen molar-refractivity contribution >= 4 is 32.8 Å². The number of pyridine rings is 2. The van der Waals surface area contributed by atoms with Crippen molar-refractivity contribution in [2.45, 2.75) is 26.2 Å². The number of benzene rings is 1. The van der Waals surface area contributed by atoms with Gasteiger partial charge >= 0.3 is 0 Å². The summed E-state index contributed by atoms with van der Waals surface area (Å²) >= 11 is 1.53. The van der Waals surface area contributed by atoms with Gasteiger partial charge in [0.2, 0.25) is 0 Å². The molecule has 0 unspecified atom stereocenters. The Balaban J connectivity index is 1.94. The summed E-state index contributed by atoms with van der Waals surface area (Å²) in [5.74, 6) is -0.148. The molecule has 0 fully saturated rings. The highest BCUT2D eigenvalue weighted by molar-refractivity contribution is 7.18. The number of hydrogen-bond donors (Lipinski definition) is 0. The lowest BCUT2D eigenvalue weighted by atomic mass is 9.86. The first-order valence-electron chi connectivity index (χ1n) is 11.7. The number of hydrogen-bond acceptors (Lipinski definition) is 5. The number of carbonyl (C=O) groups excluding carboxylic acids is 1. The molecule has 3 aromatic heterocycles. The third-order valence-electron chi connectivity index (χ3n) is 6.26. The van der Waals surface area contributed by atoms with Crippen LogP contribution in [-0.2, 0) is 14.9 Å². The molecule has 0 atom stereocenters. The standard InChI is InChI=1S/C28H32N2O4S/c1-28(2,3)21-8-6-19(7-9-21)22-18-23(26(31)29(13-15-33-4)14-16-34-5)24-25-20(11-17-35-25)10-12-30(24)27(22)32/h6-12,17-18H,13-16H2,1-5H3. The summed E-state index contributed by atoms with van der Waals surface area (Å²) in [6.45, 7) is 8.16. The number of amides is 1. The van der Waals surface area contributed by atoms with Gasteiger partial charge < -0.3 is 14.4 Å². The fourth-order valence-electron chi connectivity index (χ4n) is 4.21. The minimum Gasteiger partial charge on any atom is -0.383 e. The maximum Gasteiger partial charge on any atom is 0.263 e. The molecular formula is C28H32N2O4S. The molecule has 0 bridgehead atoms. The highest BCUT2D eigenvalue weighted by Gasteiger charge is 2.23. The van der Waals surface area contributed by atoms with Gasteiger partial charge in [0.25, 0.3) is 11.5 Å². The van der Waals surface area contributed by atoms with Crippen molar-refractivity contribution in [2.24, 2.45) is 0 Å². The van der Waals surface area contributed by atoms with Crippen LogP contribution in [0.3, 0.4) is 0 Å². The van der Waals surface area contributed by atoms with Crippen molar-refractivity contribution in [3.8, 4) is 11.1 Å². The number of ether oxygens (including phenoxy) is 2. The summed E-state index contributed by atoms with van der Waals surface area (Å²) in [6.07, 6.45) is 1.77.